The highest BCUT2D eigenvalue weighted by atomic mass is 15.1. The molecule has 20 heavy (non-hydrogen) atoms. The number of benzene rings is 2. The summed E-state index contributed by atoms with van der Waals surface area (Å²) in [5.41, 5.74) is 4.47. The lowest BCUT2D eigenvalue weighted by atomic mass is 10.1. The highest BCUT2D eigenvalue weighted by molar-refractivity contribution is 5.72. The molecule has 0 radical (unpaired) electrons. The lowest BCUT2D eigenvalue weighted by Crippen LogP contribution is -2.15. The van der Waals surface area contributed by atoms with E-state index >= 15 is 0 Å². The summed E-state index contributed by atoms with van der Waals surface area (Å²) in [5.74, 6) is 0. The maximum Gasteiger partial charge on any atom is 0.0490 e. The maximum atomic E-state index is 3.92. The van der Waals surface area contributed by atoms with E-state index in [1.54, 1.807) is 6.08 Å². The van der Waals surface area contributed by atoms with Gasteiger partial charge in [0.25, 0.3) is 0 Å². The van der Waals surface area contributed by atoms with Crippen molar-refractivity contribution < 1.29 is 0 Å². The van der Waals surface area contributed by atoms with E-state index in [9.17, 15) is 0 Å². The maximum absolute atomic E-state index is 3.92. The Bertz CT molecular complexity index is 623. The molecule has 2 rings (SSSR count). The topological polar surface area (TPSA) is 3.24 Å². The van der Waals surface area contributed by atoms with Crippen molar-refractivity contribution in [1.29, 1.82) is 0 Å². The molecule has 0 atom stereocenters. The van der Waals surface area contributed by atoms with E-state index in [-0.39, 0.29) is 0 Å². The Balaban J connectivity index is 2.62. The van der Waals surface area contributed by atoms with E-state index < -0.39 is 0 Å². The van der Waals surface area contributed by atoms with Crippen LogP contribution in [-0.4, -0.2) is 0 Å². The monoisotopic (exact) mass is 261 g/mol. The fourth-order valence-corrected chi connectivity index (χ4v) is 2.17. The molecule has 0 N–H and O–H groups in total. The van der Waals surface area contributed by atoms with Gasteiger partial charge in [0.2, 0.25) is 0 Å². The zero-order chi connectivity index (χ0) is 14.4. The van der Waals surface area contributed by atoms with E-state index in [1.807, 2.05) is 42.5 Å². The van der Waals surface area contributed by atoms with Gasteiger partial charge in [0.15, 0.2) is 0 Å². The second-order valence-corrected chi connectivity index (χ2v) is 4.49. The van der Waals surface area contributed by atoms with Crippen LogP contribution >= 0.6 is 0 Å². The molecule has 1 nitrogen and oxygen atoms in total. The van der Waals surface area contributed by atoms with Crippen LogP contribution in [0.15, 0.2) is 91.7 Å². The van der Waals surface area contributed by atoms with Gasteiger partial charge in [-0.15, -0.1) is 0 Å². The van der Waals surface area contributed by atoms with Gasteiger partial charge in [-0.3, -0.25) is 0 Å². The normalized spacial score (nSPS) is 10.9. The van der Waals surface area contributed by atoms with Crippen LogP contribution in [0.2, 0.25) is 0 Å². The number of anilines is 2. The Morgan fingerprint density at radius 2 is 1.60 bits per heavy atom. The van der Waals surface area contributed by atoms with Crippen LogP contribution < -0.4 is 4.90 Å². The molecular formula is C19H19N. The summed E-state index contributed by atoms with van der Waals surface area (Å²) in [6.07, 6.45) is 5.60. The van der Waals surface area contributed by atoms with Crippen LogP contribution in [0.3, 0.4) is 0 Å². The molecule has 0 aromatic heterocycles. The highest BCUT2D eigenvalue weighted by Crippen LogP contribution is 2.32. The van der Waals surface area contributed by atoms with Crippen molar-refractivity contribution in [3.63, 3.8) is 0 Å². The number of aryl methyl sites for hydroxylation is 1. The predicted molar refractivity (Wildman–Crippen MR) is 88.2 cm³/mol. The van der Waals surface area contributed by atoms with E-state index in [2.05, 4.69) is 49.2 Å². The molecule has 0 unspecified atom stereocenters. The van der Waals surface area contributed by atoms with Crippen LogP contribution in [0.5, 0.6) is 0 Å². The largest absolute Gasteiger partial charge is 0.310 e. The second-order valence-electron chi connectivity index (χ2n) is 4.49. The molecule has 0 aliphatic carbocycles. The smallest absolute Gasteiger partial charge is 0.0490 e. The number of rotatable bonds is 5. The number of hydrogen-bond acceptors (Lipinski definition) is 1. The third-order valence-electron chi connectivity index (χ3n) is 3.13. The molecule has 0 aliphatic heterocycles. The molecule has 0 bridgehead atoms. The summed E-state index contributed by atoms with van der Waals surface area (Å²) in [7, 11) is 0. The number of allylic oxidation sites excluding steroid dienone is 3. The standard InChI is InChI=1S/C19H19N/c1-4-11-17(5-2)20(18-13-7-6-8-14-18)19-15-10-9-12-16(19)3/h4-15H,1-2H2,3H3/b17-11+. The van der Waals surface area contributed by atoms with Crippen molar-refractivity contribution in [1.82, 2.24) is 0 Å². The SMILES string of the molecule is C=C/C=C(\C=C)N(c1ccccc1)c1ccccc1C. The van der Waals surface area contributed by atoms with Gasteiger partial charge < -0.3 is 4.90 Å². The van der Waals surface area contributed by atoms with Gasteiger partial charge in [-0.05, 0) is 42.8 Å². The molecule has 0 heterocycles. The van der Waals surface area contributed by atoms with Crippen LogP contribution in [-0.2, 0) is 0 Å². The van der Waals surface area contributed by atoms with E-state index in [1.165, 1.54) is 5.56 Å². The van der Waals surface area contributed by atoms with Crippen molar-refractivity contribution in [2.24, 2.45) is 0 Å². The average Bonchev–Trinajstić information content (AvgIpc) is 2.49. The first kappa shape index (κ1) is 13.9. The third kappa shape index (κ3) is 2.89. The lowest BCUT2D eigenvalue weighted by Gasteiger charge is -2.27. The van der Waals surface area contributed by atoms with Gasteiger partial charge in [-0.2, -0.15) is 0 Å². The highest BCUT2D eigenvalue weighted by Gasteiger charge is 2.13. The molecule has 1 heteroatoms. The zero-order valence-corrected chi connectivity index (χ0v) is 11.8. The Hall–Kier alpha value is -2.54. The molecule has 0 saturated heterocycles. The predicted octanol–water partition coefficient (Wildman–Crippen LogP) is 5.39. The van der Waals surface area contributed by atoms with Crippen LogP contribution in [0.1, 0.15) is 5.56 Å². The second kappa shape index (κ2) is 6.58. The van der Waals surface area contributed by atoms with Crippen molar-refractivity contribution >= 4 is 11.4 Å². The summed E-state index contributed by atoms with van der Waals surface area (Å²) in [6.45, 7) is 9.82. The first-order valence-corrected chi connectivity index (χ1v) is 6.64. The minimum absolute atomic E-state index is 1.00. The first-order valence-electron chi connectivity index (χ1n) is 6.64. The van der Waals surface area contributed by atoms with Gasteiger partial charge in [0, 0.05) is 17.1 Å². The number of hydrogen-bond donors (Lipinski definition) is 0. The molecule has 0 aliphatic rings. The van der Waals surface area contributed by atoms with Gasteiger partial charge in [0.05, 0.1) is 0 Å². The lowest BCUT2D eigenvalue weighted by molar-refractivity contribution is 1.19. The molecule has 0 spiro atoms. The molecule has 0 fully saturated rings. The molecule has 2 aromatic carbocycles. The summed E-state index contributed by atoms with van der Waals surface area (Å²) in [5, 5.41) is 0. The summed E-state index contributed by atoms with van der Waals surface area (Å²) >= 11 is 0. The molecular weight excluding hydrogens is 242 g/mol. The quantitative estimate of drug-likeness (QED) is 0.652. The Labute approximate surface area is 121 Å². The average molecular weight is 261 g/mol. The van der Waals surface area contributed by atoms with Crippen molar-refractivity contribution in [3.05, 3.63) is 97.2 Å². The number of para-hydroxylation sites is 2. The van der Waals surface area contributed by atoms with Gasteiger partial charge in [-0.1, -0.05) is 55.6 Å². The van der Waals surface area contributed by atoms with Gasteiger partial charge in [0.1, 0.15) is 0 Å². The van der Waals surface area contributed by atoms with Crippen LogP contribution in [0, 0.1) is 6.92 Å². The van der Waals surface area contributed by atoms with Gasteiger partial charge >= 0.3 is 0 Å². The molecule has 0 amide bonds. The van der Waals surface area contributed by atoms with Crippen LogP contribution in [0.25, 0.3) is 0 Å². The van der Waals surface area contributed by atoms with Gasteiger partial charge in [-0.25, -0.2) is 0 Å². The van der Waals surface area contributed by atoms with E-state index in [4.69, 9.17) is 0 Å². The van der Waals surface area contributed by atoms with E-state index in [0.29, 0.717) is 0 Å². The number of nitrogens with zero attached hydrogens (tertiary/aromatic N) is 1. The molecule has 0 saturated carbocycles. The zero-order valence-electron chi connectivity index (χ0n) is 11.8. The third-order valence-corrected chi connectivity index (χ3v) is 3.13. The summed E-state index contributed by atoms with van der Waals surface area (Å²) in [6, 6.07) is 18.6. The van der Waals surface area contributed by atoms with Crippen molar-refractivity contribution in [3.8, 4) is 0 Å². The molecule has 2 aromatic rings. The Morgan fingerprint density at radius 1 is 0.950 bits per heavy atom. The van der Waals surface area contributed by atoms with E-state index in [0.717, 1.165) is 17.1 Å². The summed E-state index contributed by atoms with van der Waals surface area (Å²) < 4.78 is 0. The minimum atomic E-state index is 1.00. The fourth-order valence-electron chi connectivity index (χ4n) is 2.17. The Kier molecular flexibility index (Phi) is 4.56. The van der Waals surface area contributed by atoms with Crippen molar-refractivity contribution in [2.75, 3.05) is 4.90 Å². The fraction of sp³-hybridized carbons (Fsp3) is 0.0526. The minimum Gasteiger partial charge on any atom is -0.310 e. The Morgan fingerprint density at radius 3 is 2.20 bits per heavy atom. The van der Waals surface area contributed by atoms with Crippen molar-refractivity contribution in [2.45, 2.75) is 6.92 Å². The molecule has 100 valence electrons. The first-order chi connectivity index (χ1) is 9.77. The van der Waals surface area contributed by atoms with Crippen LogP contribution in [0.4, 0.5) is 11.4 Å². The summed E-state index contributed by atoms with van der Waals surface area (Å²) in [4.78, 5) is 2.18.